The Morgan fingerprint density at radius 3 is 2.57 bits per heavy atom. The smallest absolute Gasteiger partial charge is 0.221 e. The highest BCUT2D eigenvalue weighted by Gasteiger charge is 2.16. The van der Waals surface area contributed by atoms with Crippen molar-refractivity contribution in [2.24, 2.45) is 0 Å². The van der Waals surface area contributed by atoms with Crippen LogP contribution in [0.25, 0.3) is 0 Å². The topological polar surface area (TPSA) is 49.3 Å². The highest BCUT2D eigenvalue weighted by atomic mass is 32.2. The van der Waals surface area contributed by atoms with Crippen LogP contribution in [-0.2, 0) is 4.79 Å². The van der Waals surface area contributed by atoms with Gasteiger partial charge in [0, 0.05) is 23.5 Å². The number of carbonyl (C=O) groups excluding carboxylic acids is 1. The van der Waals surface area contributed by atoms with Gasteiger partial charge in [0.1, 0.15) is 0 Å². The van der Waals surface area contributed by atoms with Crippen molar-refractivity contribution in [3.8, 4) is 0 Å². The van der Waals surface area contributed by atoms with Crippen molar-refractivity contribution in [2.45, 2.75) is 24.6 Å². The third-order valence-electron chi connectivity index (χ3n) is 1.96. The van der Waals surface area contributed by atoms with E-state index in [-0.39, 0.29) is 23.8 Å². The van der Waals surface area contributed by atoms with Crippen molar-refractivity contribution >= 4 is 29.4 Å². The molecule has 2 N–H and O–H groups in total. The van der Waals surface area contributed by atoms with Crippen molar-refractivity contribution in [1.29, 1.82) is 0 Å². The summed E-state index contributed by atoms with van der Waals surface area (Å²) in [5.74, 6) is 0.918. The molecular weight excluding hydrogens is 218 g/mol. The molecule has 5 heteroatoms. The Morgan fingerprint density at radius 2 is 2.14 bits per heavy atom. The third kappa shape index (κ3) is 5.78. The molecule has 0 saturated carbocycles. The fraction of sp³-hybridized carbons (Fsp3) is 0.889. The molecule has 1 amide bonds. The van der Waals surface area contributed by atoms with Crippen LogP contribution in [0, 0.1) is 0 Å². The van der Waals surface area contributed by atoms with E-state index < -0.39 is 0 Å². The van der Waals surface area contributed by atoms with Crippen LogP contribution in [0.5, 0.6) is 0 Å². The monoisotopic (exact) mass is 237 g/mol. The maximum Gasteiger partial charge on any atom is 0.221 e. The Labute approximate surface area is 94.4 Å². The summed E-state index contributed by atoms with van der Waals surface area (Å²) in [6, 6.07) is 0.0318. The molecule has 0 aromatic rings. The summed E-state index contributed by atoms with van der Waals surface area (Å²) in [6.07, 6.45) is 4.47. The first kappa shape index (κ1) is 14.1. The molecule has 0 aliphatic rings. The molecule has 2 atom stereocenters. The number of hydrogen-bond acceptors (Lipinski definition) is 4. The standard InChI is InChI=1S/C9H19NO2S2/c1-7(8(6-11)14-3)10-9(12)4-5-13-2/h7-8,11H,4-6H2,1-3H3,(H,10,12). The zero-order valence-corrected chi connectivity index (χ0v) is 10.6. The average molecular weight is 237 g/mol. The SMILES string of the molecule is CSCCC(=O)NC(C)C(CO)SC. The van der Waals surface area contributed by atoms with Crippen molar-refractivity contribution < 1.29 is 9.90 Å². The molecule has 84 valence electrons. The van der Waals surface area contributed by atoms with Gasteiger partial charge in [0.2, 0.25) is 5.91 Å². The molecule has 3 nitrogen and oxygen atoms in total. The lowest BCUT2D eigenvalue weighted by atomic mass is 10.2. The number of nitrogens with one attached hydrogen (secondary N) is 1. The fourth-order valence-electron chi connectivity index (χ4n) is 1.05. The first-order valence-corrected chi connectivity index (χ1v) is 7.25. The van der Waals surface area contributed by atoms with Crippen molar-refractivity contribution in [1.82, 2.24) is 5.32 Å². The van der Waals surface area contributed by atoms with Crippen LogP contribution >= 0.6 is 23.5 Å². The van der Waals surface area contributed by atoms with E-state index in [1.807, 2.05) is 19.4 Å². The van der Waals surface area contributed by atoms with Gasteiger partial charge < -0.3 is 10.4 Å². The molecule has 0 heterocycles. The van der Waals surface area contributed by atoms with Gasteiger partial charge in [-0.05, 0) is 19.4 Å². The number of amides is 1. The molecule has 0 rings (SSSR count). The second-order valence-electron chi connectivity index (χ2n) is 3.06. The highest BCUT2D eigenvalue weighted by Crippen LogP contribution is 2.10. The Morgan fingerprint density at radius 1 is 1.50 bits per heavy atom. The Balaban J connectivity index is 3.79. The van der Waals surface area contributed by atoms with Crippen molar-refractivity contribution in [2.75, 3.05) is 24.9 Å². The first-order chi connectivity index (χ1) is 6.65. The van der Waals surface area contributed by atoms with Gasteiger partial charge in [-0.3, -0.25) is 4.79 Å². The fourth-order valence-corrected chi connectivity index (χ4v) is 2.07. The normalized spacial score (nSPS) is 14.9. The van der Waals surface area contributed by atoms with Crippen LogP contribution in [0.3, 0.4) is 0 Å². The van der Waals surface area contributed by atoms with Gasteiger partial charge in [0.25, 0.3) is 0 Å². The number of aliphatic hydroxyl groups excluding tert-OH is 1. The van der Waals surface area contributed by atoms with Gasteiger partial charge in [0.15, 0.2) is 0 Å². The Bertz CT molecular complexity index is 163. The van der Waals surface area contributed by atoms with E-state index >= 15 is 0 Å². The zero-order chi connectivity index (χ0) is 11.0. The maximum absolute atomic E-state index is 11.3. The van der Waals surface area contributed by atoms with Crippen molar-refractivity contribution in [3.63, 3.8) is 0 Å². The summed E-state index contributed by atoms with van der Waals surface area (Å²) < 4.78 is 0. The summed E-state index contributed by atoms with van der Waals surface area (Å²) in [5, 5.41) is 12.0. The third-order valence-corrected chi connectivity index (χ3v) is 3.74. The predicted octanol–water partition coefficient (Wildman–Crippen LogP) is 0.968. The van der Waals surface area contributed by atoms with Gasteiger partial charge in [-0.15, -0.1) is 0 Å². The molecule has 2 unspecified atom stereocenters. The van der Waals surface area contributed by atoms with E-state index in [1.54, 1.807) is 23.5 Å². The molecule has 0 radical (unpaired) electrons. The maximum atomic E-state index is 11.3. The minimum absolute atomic E-state index is 0.0318. The quantitative estimate of drug-likeness (QED) is 0.693. The molecular formula is C9H19NO2S2. The highest BCUT2D eigenvalue weighted by molar-refractivity contribution is 7.99. The van der Waals surface area contributed by atoms with Gasteiger partial charge in [0.05, 0.1) is 6.61 Å². The van der Waals surface area contributed by atoms with E-state index in [1.165, 1.54) is 0 Å². The lowest BCUT2D eigenvalue weighted by molar-refractivity contribution is -0.121. The van der Waals surface area contributed by atoms with Crippen LogP contribution < -0.4 is 5.32 Å². The summed E-state index contributed by atoms with van der Waals surface area (Å²) in [4.78, 5) is 11.3. The second kappa shape index (κ2) is 8.44. The van der Waals surface area contributed by atoms with E-state index in [0.29, 0.717) is 6.42 Å². The minimum Gasteiger partial charge on any atom is -0.395 e. The van der Waals surface area contributed by atoms with Crippen LogP contribution in [0.2, 0.25) is 0 Å². The number of thioether (sulfide) groups is 2. The molecule has 14 heavy (non-hydrogen) atoms. The van der Waals surface area contributed by atoms with E-state index in [9.17, 15) is 4.79 Å². The molecule has 0 aliphatic carbocycles. The second-order valence-corrected chi connectivity index (χ2v) is 5.12. The Hall–Kier alpha value is 0.130. The minimum atomic E-state index is 0.0318. The summed E-state index contributed by atoms with van der Waals surface area (Å²) in [5.41, 5.74) is 0. The summed E-state index contributed by atoms with van der Waals surface area (Å²) in [7, 11) is 0. The lowest BCUT2D eigenvalue weighted by Crippen LogP contribution is -2.41. The molecule has 0 spiro atoms. The molecule has 0 saturated heterocycles. The molecule has 0 fully saturated rings. The number of hydrogen-bond donors (Lipinski definition) is 2. The van der Waals surface area contributed by atoms with Crippen LogP contribution in [0.15, 0.2) is 0 Å². The number of carbonyl (C=O) groups is 1. The molecule has 0 aromatic carbocycles. The summed E-state index contributed by atoms with van der Waals surface area (Å²) >= 11 is 3.24. The summed E-state index contributed by atoms with van der Waals surface area (Å²) in [6.45, 7) is 2.03. The van der Waals surface area contributed by atoms with Crippen LogP contribution in [0.4, 0.5) is 0 Å². The van der Waals surface area contributed by atoms with Crippen LogP contribution in [-0.4, -0.2) is 47.2 Å². The van der Waals surface area contributed by atoms with E-state index in [4.69, 9.17) is 5.11 Å². The van der Waals surface area contributed by atoms with Crippen molar-refractivity contribution in [3.05, 3.63) is 0 Å². The molecule has 0 aromatic heterocycles. The van der Waals surface area contributed by atoms with Gasteiger partial charge in [-0.25, -0.2) is 0 Å². The lowest BCUT2D eigenvalue weighted by Gasteiger charge is -2.21. The predicted molar refractivity (Wildman–Crippen MR) is 65.0 cm³/mol. The van der Waals surface area contributed by atoms with Gasteiger partial charge in [-0.2, -0.15) is 23.5 Å². The number of aliphatic hydroxyl groups is 1. The zero-order valence-electron chi connectivity index (χ0n) is 8.95. The molecule has 0 aliphatic heterocycles. The average Bonchev–Trinajstić information content (AvgIpc) is 2.16. The largest absolute Gasteiger partial charge is 0.395 e. The van der Waals surface area contributed by atoms with E-state index in [0.717, 1.165) is 5.75 Å². The van der Waals surface area contributed by atoms with Gasteiger partial charge >= 0.3 is 0 Å². The first-order valence-electron chi connectivity index (χ1n) is 4.57. The number of rotatable bonds is 7. The van der Waals surface area contributed by atoms with E-state index in [2.05, 4.69) is 5.32 Å². The van der Waals surface area contributed by atoms with Crippen LogP contribution in [0.1, 0.15) is 13.3 Å². The molecule has 0 bridgehead atoms. The Kier molecular flexibility index (Phi) is 8.52. The van der Waals surface area contributed by atoms with Gasteiger partial charge in [-0.1, -0.05) is 0 Å².